The molecule has 1 atom stereocenters. The zero-order chi connectivity index (χ0) is 26.0. The number of nitrogens with zero attached hydrogens (tertiary/aromatic N) is 4. The van der Waals surface area contributed by atoms with E-state index in [1.54, 1.807) is 0 Å². The zero-order valence-electron chi connectivity index (χ0n) is 22.2. The highest BCUT2D eigenvalue weighted by Gasteiger charge is 2.32. The highest BCUT2D eigenvalue weighted by atomic mass is 16.6. The smallest absolute Gasteiger partial charge is 0.435 e. The van der Waals surface area contributed by atoms with Crippen molar-refractivity contribution in [3.8, 4) is 17.1 Å². The van der Waals surface area contributed by atoms with E-state index in [9.17, 15) is 4.79 Å². The lowest BCUT2D eigenvalue weighted by molar-refractivity contribution is 0.0601. The summed E-state index contributed by atoms with van der Waals surface area (Å²) in [4.78, 5) is 23.1. The second-order valence-electron chi connectivity index (χ2n) is 11.1. The molecule has 0 unspecified atom stereocenters. The minimum Gasteiger partial charge on any atom is -0.493 e. The molecule has 1 aliphatic carbocycles. The summed E-state index contributed by atoms with van der Waals surface area (Å²) in [6, 6.07) is 12.3. The topological polar surface area (TPSA) is 90.0 Å². The monoisotopic (exact) mass is 504 g/mol. The van der Waals surface area contributed by atoms with Crippen LogP contribution in [-0.2, 0) is 4.74 Å². The Kier molecular flexibility index (Phi) is 7.17. The minimum absolute atomic E-state index is 0.118. The second kappa shape index (κ2) is 10.5. The summed E-state index contributed by atoms with van der Waals surface area (Å²) in [5, 5.41) is 6.48. The molecule has 0 radical (unpaired) electrons. The number of aromatic nitrogens is 2. The Morgan fingerprint density at radius 3 is 2.62 bits per heavy atom. The number of rotatable bonds is 5. The van der Waals surface area contributed by atoms with E-state index in [0.29, 0.717) is 23.5 Å². The number of likely N-dealkylation sites (tertiary alicyclic amines) is 1. The third-order valence-electron chi connectivity index (χ3n) is 7.07. The van der Waals surface area contributed by atoms with Crippen LogP contribution < -0.4 is 4.74 Å². The lowest BCUT2D eigenvalue weighted by atomic mass is 10.1. The predicted molar refractivity (Wildman–Crippen MR) is 143 cm³/mol. The van der Waals surface area contributed by atoms with Crippen LogP contribution in [-0.4, -0.2) is 45.7 Å². The fraction of sp³-hybridized carbons (Fsp3) is 0.517. The van der Waals surface area contributed by atoms with Crippen LogP contribution in [0, 0.1) is 5.92 Å². The zero-order valence-corrected chi connectivity index (χ0v) is 22.2. The number of hydrogen-bond donors (Lipinski definition) is 0. The van der Waals surface area contributed by atoms with Gasteiger partial charge in [0, 0.05) is 12.1 Å². The molecule has 1 aliphatic heterocycles. The van der Waals surface area contributed by atoms with Gasteiger partial charge in [0.1, 0.15) is 23.2 Å². The van der Waals surface area contributed by atoms with Crippen molar-refractivity contribution in [1.29, 1.82) is 0 Å². The number of amidine groups is 1. The van der Waals surface area contributed by atoms with Crippen molar-refractivity contribution in [1.82, 2.24) is 15.0 Å². The SMILES string of the molecule is CC(=NC(=O)OC(C)(C)C)N1CCC[C@H]1c1nc(-c2ccc3cc(OCC4CCCC4)ccc3c2)no1. The molecule has 2 aromatic carbocycles. The van der Waals surface area contributed by atoms with Crippen molar-refractivity contribution in [2.24, 2.45) is 10.9 Å². The van der Waals surface area contributed by atoms with Crippen LogP contribution in [0.15, 0.2) is 45.9 Å². The maximum absolute atomic E-state index is 12.2. The Morgan fingerprint density at radius 1 is 1.08 bits per heavy atom. The fourth-order valence-electron chi connectivity index (χ4n) is 5.22. The van der Waals surface area contributed by atoms with Crippen LogP contribution in [0.1, 0.15) is 78.2 Å². The molecule has 37 heavy (non-hydrogen) atoms. The van der Waals surface area contributed by atoms with Crippen molar-refractivity contribution >= 4 is 22.7 Å². The number of carbonyl (C=O) groups excluding carboxylic acids is 1. The van der Waals surface area contributed by atoms with Crippen molar-refractivity contribution < 1.29 is 18.8 Å². The Balaban J connectivity index is 1.28. The Hall–Kier alpha value is -3.42. The number of hydrogen-bond acceptors (Lipinski definition) is 6. The van der Waals surface area contributed by atoms with Gasteiger partial charge in [-0.1, -0.05) is 36.2 Å². The van der Waals surface area contributed by atoms with Gasteiger partial charge < -0.3 is 18.9 Å². The molecule has 196 valence electrons. The van der Waals surface area contributed by atoms with E-state index in [2.05, 4.69) is 34.4 Å². The third kappa shape index (κ3) is 6.12. The largest absolute Gasteiger partial charge is 0.493 e. The predicted octanol–water partition coefficient (Wildman–Crippen LogP) is 6.95. The van der Waals surface area contributed by atoms with Crippen LogP contribution in [0.3, 0.4) is 0 Å². The summed E-state index contributed by atoms with van der Waals surface area (Å²) >= 11 is 0. The molecule has 1 saturated heterocycles. The van der Waals surface area contributed by atoms with Crippen molar-refractivity contribution in [3.05, 3.63) is 42.3 Å². The van der Waals surface area contributed by atoms with E-state index in [1.807, 2.05) is 44.7 Å². The third-order valence-corrected chi connectivity index (χ3v) is 7.07. The average molecular weight is 505 g/mol. The quantitative estimate of drug-likeness (QED) is 0.274. The van der Waals surface area contributed by atoms with Gasteiger partial charge in [0.05, 0.1) is 6.61 Å². The normalized spacial score (nSPS) is 19.1. The van der Waals surface area contributed by atoms with Crippen LogP contribution in [0.5, 0.6) is 5.75 Å². The summed E-state index contributed by atoms with van der Waals surface area (Å²) < 4.78 is 17.1. The minimum atomic E-state index is -0.592. The van der Waals surface area contributed by atoms with E-state index >= 15 is 0 Å². The molecule has 2 aliphatic rings. The fourth-order valence-corrected chi connectivity index (χ4v) is 5.22. The summed E-state index contributed by atoms with van der Waals surface area (Å²) in [7, 11) is 0. The number of benzene rings is 2. The van der Waals surface area contributed by atoms with Gasteiger partial charge in [-0.15, -0.1) is 0 Å². The van der Waals surface area contributed by atoms with Crippen LogP contribution in [0.4, 0.5) is 4.79 Å². The van der Waals surface area contributed by atoms with Gasteiger partial charge in [0.2, 0.25) is 11.7 Å². The molecule has 8 heteroatoms. The highest BCUT2D eigenvalue weighted by molar-refractivity contribution is 5.90. The lowest BCUT2D eigenvalue weighted by Crippen LogP contribution is -2.30. The first kappa shape index (κ1) is 25.2. The lowest BCUT2D eigenvalue weighted by Gasteiger charge is -2.24. The molecule has 5 rings (SSSR count). The standard InChI is InChI=1S/C29H36N4O4/c1-19(30-28(34)36-29(2,3)4)33-15-7-10-25(33)27-31-26(32-37-27)23-12-11-22-17-24(14-13-21(22)16-23)35-18-20-8-5-6-9-20/h11-14,16-17,20,25H,5-10,15,18H2,1-4H3/t25-/m0/s1. The Morgan fingerprint density at radius 2 is 1.84 bits per heavy atom. The van der Waals surface area contributed by atoms with Gasteiger partial charge >= 0.3 is 6.09 Å². The number of fused-ring (bicyclic) bond motifs is 1. The molecule has 0 spiro atoms. The van der Waals surface area contributed by atoms with E-state index in [4.69, 9.17) is 19.0 Å². The average Bonchev–Trinajstić information content (AvgIpc) is 3.62. The molecule has 1 amide bonds. The first-order valence-corrected chi connectivity index (χ1v) is 13.3. The second-order valence-corrected chi connectivity index (χ2v) is 11.1. The number of amides is 1. The van der Waals surface area contributed by atoms with Crippen molar-refractivity contribution in [2.45, 2.75) is 77.9 Å². The van der Waals surface area contributed by atoms with Crippen LogP contribution >= 0.6 is 0 Å². The molecule has 1 aromatic heterocycles. The summed E-state index contributed by atoms with van der Waals surface area (Å²) in [5.74, 6) is 3.27. The van der Waals surface area contributed by atoms with Crippen LogP contribution in [0.25, 0.3) is 22.2 Å². The molecule has 3 aromatic rings. The molecule has 8 nitrogen and oxygen atoms in total. The van der Waals surface area contributed by atoms with Gasteiger partial charge in [0.25, 0.3) is 0 Å². The van der Waals surface area contributed by atoms with Gasteiger partial charge in [0.15, 0.2) is 0 Å². The van der Waals surface area contributed by atoms with Crippen LogP contribution in [0.2, 0.25) is 0 Å². The summed E-state index contributed by atoms with van der Waals surface area (Å²) in [6.45, 7) is 8.85. The highest BCUT2D eigenvalue weighted by Crippen LogP contribution is 2.33. The van der Waals surface area contributed by atoms with E-state index < -0.39 is 11.7 Å². The molecule has 0 bridgehead atoms. The van der Waals surface area contributed by atoms with Gasteiger partial charge in [-0.05, 0) is 88.3 Å². The number of aliphatic imine (C=N–C) groups is 1. The molecule has 2 heterocycles. The maximum Gasteiger partial charge on any atom is 0.435 e. The van der Waals surface area contributed by atoms with E-state index in [0.717, 1.165) is 48.1 Å². The summed E-state index contributed by atoms with van der Waals surface area (Å²) in [6.07, 6.45) is 6.41. The Bertz CT molecular complexity index is 1290. The van der Waals surface area contributed by atoms with Crippen molar-refractivity contribution in [2.75, 3.05) is 13.2 Å². The molecule has 0 N–H and O–H groups in total. The van der Waals surface area contributed by atoms with E-state index in [1.165, 1.54) is 25.7 Å². The van der Waals surface area contributed by atoms with Crippen molar-refractivity contribution in [3.63, 3.8) is 0 Å². The molecular weight excluding hydrogens is 468 g/mol. The van der Waals surface area contributed by atoms with Gasteiger partial charge in [-0.3, -0.25) is 0 Å². The summed E-state index contributed by atoms with van der Waals surface area (Å²) in [5.41, 5.74) is 0.308. The first-order chi connectivity index (χ1) is 17.7. The molecular formula is C29H36N4O4. The molecule has 2 fully saturated rings. The first-order valence-electron chi connectivity index (χ1n) is 13.3. The number of ether oxygens (including phenoxy) is 2. The van der Waals surface area contributed by atoms with Gasteiger partial charge in [-0.25, -0.2) is 4.79 Å². The number of carbonyl (C=O) groups is 1. The van der Waals surface area contributed by atoms with E-state index in [-0.39, 0.29) is 6.04 Å². The Labute approximate surface area is 218 Å². The van der Waals surface area contributed by atoms with Gasteiger partial charge in [-0.2, -0.15) is 9.98 Å². The molecule has 1 saturated carbocycles. The maximum atomic E-state index is 12.2.